The van der Waals surface area contributed by atoms with E-state index in [1.54, 1.807) is 0 Å². The summed E-state index contributed by atoms with van der Waals surface area (Å²) >= 11 is 0. The molecule has 55 heavy (non-hydrogen) atoms. The standard InChI is InChI=1S/C49H100N4O2/c1-7-9-11-13-15-17-19-21-23-25-27-29-31-33-35-40-48(54)50-42-37-44-52(3,4)46-39-47-53(5,6)45-38-43-51-49(55)41-36-34-32-30-28-26-24-22-20-18-16-14-12-10-8-2/h7-47H2,1-6H3/p+2. The number of amides is 2. The maximum atomic E-state index is 12.3. The van der Waals surface area contributed by atoms with Crippen LogP contribution in [0.15, 0.2) is 0 Å². The topological polar surface area (TPSA) is 58.2 Å². The molecular weight excluding hydrogens is 677 g/mol. The fourth-order valence-electron chi connectivity index (χ4n) is 8.11. The molecule has 6 nitrogen and oxygen atoms in total. The zero-order valence-electron chi connectivity index (χ0n) is 38.7. The molecule has 0 fully saturated rings. The Morgan fingerprint density at radius 2 is 0.527 bits per heavy atom. The van der Waals surface area contributed by atoms with Crippen molar-refractivity contribution in [2.24, 2.45) is 0 Å². The van der Waals surface area contributed by atoms with Gasteiger partial charge in [0, 0.05) is 45.2 Å². The van der Waals surface area contributed by atoms with Gasteiger partial charge < -0.3 is 19.6 Å². The molecule has 0 spiro atoms. The van der Waals surface area contributed by atoms with Crippen LogP contribution in [0.1, 0.15) is 239 Å². The first-order valence-electron chi connectivity index (χ1n) is 24.8. The van der Waals surface area contributed by atoms with E-state index in [1.807, 2.05) is 0 Å². The first-order chi connectivity index (χ1) is 26.6. The van der Waals surface area contributed by atoms with Crippen LogP contribution in [-0.4, -0.2) is 88.2 Å². The average Bonchev–Trinajstić information content (AvgIpc) is 3.15. The van der Waals surface area contributed by atoms with Crippen molar-refractivity contribution in [2.75, 3.05) is 67.5 Å². The summed E-state index contributed by atoms with van der Waals surface area (Å²) in [4.78, 5) is 24.7. The SMILES string of the molecule is CCCCCCCCCCCCCCCCCC(=O)NCCC[N+](C)(C)CCC[N+](C)(C)CCCNC(=O)CCCCCCCCCCCCCCCCC. The van der Waals surface area contributed by atoms with E-state index in [1.165, 1.54) is 186 Å². The molecule has 0 saturated heterocycles. The van der Waals surface area contributed by atoms with Crippen LogP contribution in [0.25, 0.3) is 0 Å². The van der Waals surface area contributed by atoms with Crippen LogP contribution in [0, 0.1) is 0 Å². The summed E-state index contributed by atoms with van der Waals surface area (Å²) in [5.41, 5.74) is 0. The third kappa shape index (κ3) is 42.3. The number of rotatable bonds is 44. The average molecular weight is 779 g/mol. The van der Waals surface area contributed by atoms with E-state index in [0.29, 0.717) is 12.8 Å². The Balaban J connectivity index is 3.62. The van der Waals surface area contributed by atoms with Gasteiger partial charge >= 0.3 is 0 Å². The van der Waals surface area contributed by atoms with E-state index in [9.17, 15) is 9.59 Å². The molecule has 0 radical (unpaired) electrons. The van der Waals surface area contributed by atoms with Gasteiger partial charge in [-0.1, -0.05) is 194 Å². The normalized spacial score (nSPS) is 12.0. The van der Waals surface area contributed by atoms with E-state index in [4.69, 9.17) is 0 Å². The fraction of sp³-hybridized carbons (Fsp3) is 0.959. The molecule has 0 aliphatic heterocycles. The molecule has 0 aliphatic carbocycles. The highest BCUT2D eigenvalue weighted by Gasteiger charge is 2.19. The predicted molar refractivity (Wildman–Crippen MR) is 243 cm³/mol. The molecule has 0 aromatic heterocycles. The molecule has 0 saturated carbocycles. The first-order valence-corrected chi connectivity index (χ1v) is 24.8. The van der Waals surface area contributed by atoms with Gasteiger partial charge in [-0.25, -0.2) is 0 Å². The number of carbonyl (C=O) groups is 2. The Hall–Kier alpha value is -1.14. The highest BCUT2D eigenvalue weighted by molar-refractivity contribution is 5.76. The number of unbranched alkanes of at least 4 members (excludes halogenated alkanes) is 28. The molecule has 0 aliphatic rings. The van der Waals surface area contributed by atoms with Gasteiger partial charge in [0.2, 0.25) is 11.8 Å². The molecule has 2 N–H and O–H groups in total. The Kier molecular flexibility index (Phi) is 38.9. The maximum absolute atomic E-state index is 12.3. The number of hydrogen-bond acceptors (Lipinski definition) is 2. The van der Waals surface area contributed by atoms with Gasteiger partial charge in [0.1, 0.15) is 0 Å². The first kappa shape index (κ1) is 53.9. The van der Waals surface area contributed by atoms with E-state index in [-0.39, 0.29) is 11.8 Å². The van der Waals surface area contributed by atoms with Crippen molar-refractivity contribution in [2.45, 2.75) is 239 Å². The van der Waals surface area contributed by atoms with Gasteiger partial charge in [-0.05, 0) is 12.8 Å². The van der Waals surface area contributed by atoms with Gasteiger partial charge in [0.25, 0.3) is 0 Å². The second-order valence-electron chi connectivity index (χ2n) is 18.9. The third-order valence-electron chi connectivity index (χ3n) is 12.1. The summed E-state index contributed by atoms with van der Waals surface area (Å²) in [6.07, 6.45) is 45.3. The largest absolute Gasteiger partial charge is 0.356 e. The second-order valence-corrected chi connectivity index (χ2v) is 18.9. The van der Waals surface area contributed by atoms with Crippen molar-refractivity contribution in [3.63, 3.8) is 0 Å². The minimum Gasteiger partial charge on any atom is -0.356 e. The van der Waals surface area contributed by atoms with Gasteiger partial charge in [-0.15, -0.1) is 0 Å². The van der Waals surface area contributed by atoms with Crippen LogP contribution in [0.4, 0.5) is 0 Å². The van der Waals surface area contributed by atoms with Crippen molar-refractivity contribution in [1.82, 2.24) is 10.6 Å². The van der Waals surface area contributed by atoms with Crippen LogP contribution in [0.3, 0.4) is 0 Å². The summed E-state index contributed by atoms with van der Waals surface area (Å²) in [6.45, 7) is 10.7. The third-order valence-corrected chi connectivity index (χ3v) is 12.1. The van der Waals surface area contributed by atoms with Crippen molar-refractivity contribution < 1.29 is 18.6 Å². The quantitative estimate of drug-likeness (QED) is 0.0478. The highest BCUT2D eigenvalue weighted by Crippen LogP contribution is 2.15. The highest BCUT2D eigenvalue weighted by atomic mass is 16.2. The van der Waals surface area contributed by atoms with Gasteiger partial charge in [0.15, 0.2) is 0 Å². The monoisotopic (exact) mass is 779 g/mol. The zero-order chi connectivity index (χ0) is 40.6. The van der Waals surface area contributed by atoms with Crippen LogP contribution >= 0.6 is 0 Å². The fourth-order valence-corrected chi connectivity index (χ4v) is 8.11. The molecular formula is C49H102N4O2+2. The van der Waals surface area contributed by atoms with Crippen LogP contribution in [0.5, 0.6) is 0 Å². The molecule has 0 rings (SSSR count). The Bertz CT molecular complexity index is 764. The molecule has 6 heteroatoms. The van der Waals surface area contributed by atoms with Gasteiger partial charge in [-0.2, -0.15) is 0 Å². The lowest BCUT2D eigenvalue weighted by atomic mass is 10.0. The molecule has 0 atom stereocenters. The Labute approximate surface area is 346 Å². The summed E-state index contributed by atoms with van der Waals surface area (Å²) in [5.74, 6) is 0.473. The summed E-state index contributed by atoms with van der Waals surface area (Å²) in [7, 11) is 9.30. The minimum absolute atomic E-state index is 0.236. The van der Waals surface area contributed by atoms with Crippen molar-refractivity contribution in [3.05, 3.63) is 0 Å². The minimum atomic E-state index is 0.236. The van der Waals surface area contributed by atoms with E-state index >= 15 is 0 Å². The van der Waals surface area contributed by atoms with Crippen molar-refractivity contribution >= 4 is 11.8 Å². The summed E-state index contributed by atoms with van der Waals surface area (Å²) in [5, 5.41) is 6.35. The molecule has 328 valence electrons. The smallest absolute Gasteiger partial charge is 0.219 e. The molecule has 0 unspecified atom stereocenters. The maximum Gasteiger partial charge on any atom is 0.219 e. The lowest BCUT2D eigenvalue weighted by Crippen LogP contribution is -2.47. The van der Waals surface area contributed by atoms with E-state index in [0.717, 1.165) is 73.9 Å². The molecule has 0 heterocycles. The number of carbonyl (C=O) groups excluding carboxylic acids is 2. The number of quaternary nitrogens is 2. The zero-order valence-corrected chi connectivity index (χ0v) is 38.7. The van der Waals surface area contributed by atoms with Crippen LogP contribution in [-0.2, 0) is 9.59 Å². The van der Waals surface area contributed by atoms with Crippen molar-refractivity contribution in [1.29, 1.82) is 0 Å². The van der Waals surface area contributed by atoms with Gasteiger partial charge in [0.05, 0.1) is 54.4 Å². The lowest BCUT2D eigenvalue weighted by molar-refractivity contribution is -0.909. The van der Waals surface area contributed by atoms with E-state index < -0.39 is 0 Å². The second kappa shape index (κ2) is 39.7. The van der Waals surface area contributed by atoms with Crippen LogP contribution in [0.2, 0.25) is 0 Å². The van der Waals surface area contributed by atoms with Crippen LogP contribution < -0.4 is 10.6 Å². The number of hydrogen-bond donors (Lipinski definition) is 2. The Morgan fingerprint density at radius 3 is 0.782 bits per heavy atom. The van der Waals surface area contributed by atoms with E-state index in [2.05, 4.69) is 52.7 Å². The predicted octanol–water partition coefficient (Wildman–Crippen LogP) is 13.1. The number of nitrogens with one attached hydrogen (secondary N) is 2. The Morgan fingerprint density at radius 1 is 0.309 bits per heavy atom. The van der Waals surface area contributed by atoms with Gasteiger partial charge in [-0.3, -0.25) is 9.59 Å². The molecule has 2 amide bonds. The molecule has 0 aromatic carbocycles. The summed E-state index contributed by atoms with van der Waals surface area (Å²) < 4.78 is 2.01. The molecule has 0 aromatic rings. The lowest BCUT2D eigenvalue weighted by Gasteiger charge is -2.33. The summed E-state index contributed by atoms with van der Waals surface area (Å²) in [6, 6.07) is 0. The van der Waals surface area contributed by atoms with Crippen molar-refractivity contribution in [3.8, 4) is 0 Å². The number of nitrogens with zero attached hydrogens (tertiary/aromatic N) is 2. The molecule has 0 bridgehead atoms.